The summed E-state index contributed by atoms with van der Waals surface area (Å²) in [7, 11) is 3.55. The van der Waals surface area contributed by atoms with Crippen LogP contribution >= 0.6 is 0 Å². The number of rotatable bonds is 7. The number of anilines is 1. The topological polar surface area (TPSA) is 73.7 Å². The van der Waals surface area contributed by atoms with Crippen molar-refractivity contribution in [1.29, 1.82) is 0 Å². The number of piperazine rings is 1. The van der Waals surface area contributed by atoms with Gasteiger partial charge in [-0.25, -0.2) is 4.68 Å². The molecule has 188 valence electrons. The van der Waals surface area contributed by atoms with Crippen LogP contribution in [0.5, 0.6) is 0 Å². The van der Waals surface area contributed by atoms with E-state index < -0.39 is 0 Å². The van der Waals surface area contributed by atoms with Gasteiger partial charge in [-0.15, -0.1) is 0 Å². The molecule has 1 saturated heterocycles. The predicted molar refractivity (Wildman–Crippen MR) is 141 cm³/mol. The smallest absolute Gasteiger partial charge is 0.239 e. The Morgan fingerprint density at radius 2 is 1.58 bits per heavy atom. The van der Waals surface area contributed by atoms with E-state index in [2.05, 4.69) is 33.3 Å². The van der Waals surface area contributed by atoms with Gasteiger partial charge in [0.2, 0.25) is 11.8 Å². The molecule has 0 spiro atoms. The summed E-state index contributed by atoms with van der Waals surface area (Å²) in [4.78, 5) is 30.9. The summed E-state index contributed by atoms with van der Waals surface area (Å²) in [5, 5.41) is 7.98. The van der Waals surface area contributed by atoms with Crippen molar-refractivity contribution in [1.82, 2.24) is 24.5 Å². The maximum absolute atomic E-state index is 13.0. The standard InChI is InChI=1S/C28H34N6O2/c1-31(2)28(36)20-33-15-13-32(14-16-33)19-27(35)29-26-18-25(30-34(26)24-9-4-3-5-10-24)23-12-11-21-7-6-8-22(21)17-23/h3-5,9-12,17-18H,6-8,13-16,19-20H2,1-2H3,(H,29,35). The average molecular weight is 487 g/mol. The Bertz CT molecular complexity index is 1230. The molecule has 1 aliphatic carbocycles. The average Bonchev–Trinajstić information content (AvgIpc) is 3.52. The normalized spacial score (nSPS) is 16.1. The van der Waals surface area contributed by atoms with Crippen molar-refractivity contribution >= 4 is 17.6 Å². The van der Waals surface area contributed by atoms with Gasteiger partial charge in [-0.1, -0.05) is 30.3 Å². The molecular formula is C28H34N6O2. The number of amides is 2. The van der Waals surface area contributed by atoms with Gasteiger partial charge in [0, 0.05) is 51.9 Å². The number of nitrogens with one attached hydrogen (secondary N) is 1. The van der Waals surface area contributed by atoms with Crippen molar-refractivity contribution in [2.75, 3.05) is 58.7 Å². The largest absolute Gasteiger partial charge is 0.348 e. The Morgan fingerprint density at radius 1 is 0.889 bits per heavy atom. The zero-order valence-electron chi connectivity index (χ0n) is 21.1. The van der Waals surface area contributed by atoms with Crippen LogP contribution in [0.15, 0.2) is 54.6 Å². The van der Waals surface area contributed by atoms with Crippen molar-refractivity contribution in [3.63, 3.8) is 0 Å². The number of aromatic nitrogens is 2. The fraction of sp³-hybridized carbons (Fsp3) is 0.393. The van der Waals surface area contributed by atoms with Gasteiger partial charge >= 0.3 is 0 Å². The molecule has 1 N–H and O–H groups in total. The fourth-order valence-corrected chi connectivity index (χ4v) is 4.93. The maximum atomic E-state index is 13.0. The van der Waals surface area contributed by atoms with E-state index in [0.29, 0.717) is 18.9 Å². The van der Waals surface area contributed by atoms with Crippen molar-refractivity contribution < 1.29 is 9.59 Å². The van der Waals surface area contributed by atoms with Gasteiger partial charge in [-0.05, 0) is 48.6 Å². The lowest BCUT2D eigenvalue weighted by Crippen LogP contribution is -2.50. The summed E-state index contributed by atoms with van der Waals surface area (Å²) in [5.41, 5.74) is 5.66. The first-order chi connectivity index (χ1) is 17.5. The fourth-order valence-electron chi connectivity index (χ4n) is 4.93. The van der Waals surface area contributed by atoms with Crippen LogP contribution in [0.4, 0.5) is 5.82 Å². The van der Waals surface area contributed by atoms with Gasteiger partial charge in [-0.2, -0.15) is 5.10 Å². The van der Waals surface area contributed by atoms with E-state index in [-0.39, 0.29) is 11.8 Å². The highest BCUT2D eigenvalue weighted by Crippen LogP contribution is 2.30. The molecule has 0 radical (unpaired) electrons. The molecule has 1 aliphatic heterocycles. The Morgan fingerprint density at radius 3 is 2.31 bits per heavy atom. The van der Waals surface area contributed by atoms with E-state index in [1.807, 2.05) is 41.1 Å². The zero-order chi connectivity index (χ0) is 25.1. The number of carbonyl (C=O) groups is 2. The van der Waals surface area contributed by atoms with Gasteiger partial charge in [-0.3, -0.25) is 19.4 Å². The van der Waals surface area contributed by atoms with E-state index in [1.54, 1.807) is 19.0 Å². The van der Waals surface area contributed by atoms with Gasteiger partial charge in [0.1, 0.15) is 5.82 Å². The summed E-state index contributed by atoms with van der Waals surface area (Å²) < 4.78 is 1.81. The molecule has 0 unspecified atom stereocenters. The first-order valence-corrected chi connectivity index (χ1v) is 12.7. The quantitative estimate of drug-likeness (QED) is 0.556. The minimum absolute atomic E-state index is 0.0644. The first-order valence-electron chi connectivity index (χ1n) is 12.7. The molecule has 1 aromatic heterocycles. The number of hydrogen-bond donors (Lipinski definition) is 1. The van der Waals surface area contributed by atoms with Crippen molar-refractivity contribution in [2.45, 2.75) is 19.3 Å². The third-order valence-electron chi connectivity index (χ3n) is 7.06. The molecule has 1 fully saturated rings. The van der Waals surface area contributed by atoms with Crippen LogP contribution < -0.4 is 5.32 Å². The monoisotopic (exact) mass is 486 g/mol. The number of aryl methyl sites for hydroxylation is 2. The zero-order valence-corrected chi connectivity index (χ0v) is 21.1. The van der Waals surface area contributed by atoms with Crippen LogP contribution in [0, 0.1) is 0 Å². The van der Waals surface area contributed by atoms with E-state index in [1.165, 1.54) is 17.5 Å². The molecule has 5 rings (SSSR count). The molecule has 2 aromatic carbocycles. The highest BCUT2D eigenvalue weighted by Gasteiger charge is 2.22. The summed E-state index contributed by atoms with van der Waals surface area (Å²) in [6.45, 7) is 3.80. The Hall–Kier alpha value is -3.49. The molecule has 2 aliphatic rings. The van der Waals surface area contributed by atoms with E-state index in [0.717, 1.165) is 56.0 Å². The molecule has 8 nitrogen and oxygen atoms in total. The molecule has 2 heterocycles. The summed E-state index contributed by atoms with van der Waals surface area (Å²) in [6, 6.07) is 18.4. The summed E-state index contributed by atoms with van der Waals surface area (Å²) >= 11 is 0. The Labute approximate surface area is 212 Å². The maximum Gasteiger partial charge on any atom is 0.239 e. The van der Waals surface area contributed by atoms with Crippen LogP contribution in [-0.4, -0.2) is 89.7 Å². The van der Waals surface area contributed by atoms with Crippen molar-refractivity contribution in [3.8, 4) is 16.9 Å². The molecule has 3 aromatic rings. The number of nitrogens with zero attached hydrogens (tertiary/aromatic N) is 5. The number of para-hydroxylation sites is 1. The predicted octanol–water partition coefficient (Wildman–Crippen LogP) is 2.67. The summed E-state index contributed by atoms with van der Waals surface area (Å²) in [6.07, 6.45) is 3.47. The molecule has 8 heteroatoms. The van der Waals surface area contributed by atoms with E-state index >= 15 is 0 Å². The highest BCUT2D eigenvalue weighted by atomic mass is 16.2. The number of carbonyl (C=O) groups excluding carboxylic acids is 2. The van der Waals surface area contributed by atoms with Crippen LogP contribution in [-0.2, 0) is 22.4 Å². The molecule has 0 saturated carbocycles. The van der Waals surface area contributed by atoms with Gasteiger partial charge in [0.25, 0.3) is 0 Å². The SMILES string of the molecule is CN(C)C(=O)CN1CCN(CC(=O)Nc2cc(-c3ccc4c(c3)CCC4)nn2-c2ccccc2)CC1. The molecule has 36 heavy (non-hydrogen) atoms. The van der Waals surface area contributed by atoms with Gasteiger partial charge in [0.15, 0.2) is 0 Å². The Balaban J connectivity index is 1.28. The molecular weight excluding hydrogens is 452 g/mol. The number of likely N-dealkylation sites (N-methyl/N-ethyl adjacent to an activating group) is 1. The third kappa shape index (κ3) is 5.50. The van der Waals surface area contributed by atoms with Crippen LogP contribution in [0.3, 0.4) is 0 Å². The van der Waals surface area contributed by atoms with Crippen LogP contribution in [0.2, 0.25) is 0 Å². The first kappa shape index (κ1) is 24.2. The number of hydrogen-bond acceptors (Lipinski definition) is 5. The minimum atomic E-state index is -0.0644. The third-order valence-corrected chi connectivity index (χ3v) is 7.06. The van der Waals surface area contributed by atoms with Gasteiger partial charge in [0.05, 0.1) is 24.5 Å². The lowest BCUT2D eigenvalue weighted by Gasteiger charge is -2.34. The molecule has 2 amide bonds. The summed E-state index contributed by atoms with van der Waals surface area (Å²) in [5.74, 6) is 0.705. The molecule has 0 bridgehead atoms. The number of fused-ring (bicyclic) bond motifs is 1. The second kappa shape index (κ2) is 10.6. The number of benzene rings is 2. The van der Waals surface area contributed by atoms with E-state index in [4.69, 9.17) is 5.10 Å². The van der Waals surface area contributed by atoms with Crippen LogP contribution in [0.25, 0.3) is 16.9 Å². The van der Waals surface area contributed by atoms with Crippen molar-refractivity contribution in [2.24, 2.45) is 0 Å². The second-order valence-electron chi connectivity index (χ2n) is 9.89. The van der Waals surface area contributed by atoms with Crippen LogP contribution in [0.1, 0.15) is 17.5 Å². The molecule has 0 atom stereocenters. The second-order valence-corrected chi connectivity index (χ2v) is 9.89. The Kier molecular flexibility index (Phi) is 7.16. The van der Waals surface area contributed by atoms with Crippen molar-refractivity contribution in [3.05, 3.63) is 65.7 Å². The minimum Gasteiger partial charge on any atom is -0.348 e. The van der Waals surface area contributed by atoms with Gasteiger partial charge < -0.3 is 10.2 Å². The lowest BCUT2D eigenvalue weighted by atomic mass is 10.0. The van der Waals surface area contributed by atoms with E-state index in [9.17, 15) is 9.59 Å². The lowest BCUT2D eigenvalue weighted by molar-refractivity contribution is -0.130. The highest BCUT2D eigenvalue weighted by molar-refractivity contribution is 5.92.